The van der Waals surface area contributed by atoms with Crippen LogP contribution in [0.25, 0.3) is 33.5 Å². The molecule has 1 N–H and O–H groups in total. The number of hydrogen-bond donors (Lipinski definition) is 1. The number of nitrogens with one attached hydrogen (secondary N) is 1. The van der Waals surface area contributed by atoms with Gasteiger partial charge in [-0.15, -0.1) is 0 Å². The molecule has 0 spiro atoms. The van der Waals surface area contributed by atoms with Crippen molar-refractivity contribution in [2.45, 2.75) is 0 Å². The zero-order chi connectivity index (χ0) is 23.2. The van der Waals surface area contributed by atoms with Crippen LogP contribution in [-0.4, -0.2) is 42.1 Å². The Bertz CT molecular complexity index is 1350. The standard InChI is InChI=1S/C27H24N4O2/c1-31(2)14-15-33-21-10-7-9-19(16-21)25-23(24-12-5-6-13-29-24)18-30-27(32)26(25)22-11-4-3-8-20(22)17-28/h3-13,16,18H,14-15H2,1-2H3,(H,30,32). The SMILES string of the molecule is CN(C)CCOc1cccc(-c2c(-c3ccccn3)c[nH]c(=O)c2-c2ccccc2C#N)c1. The van der Waals surface area contributed by atoms with Crippen LogP contribution in [0.2, 0.25) is 0 Å². The number of benzene rings is 2. The van der Waals surface area contributed by atoms with Crippen molar-refractivity contribution in [3.05, 3.63) is 95.0 Å². The molecule has 0 saturated carbocycles. The smallest absolute Gasteiger partial charge is 0.256 e. The highest BCUT2D eigenvalue weighted by Gasteiger charge is 2.20. The van der Waals surface area contributed by atoms with Crippen molar-refractivity contribution in [2.75, 3.05) is 27.2 Å². The van der Waals surface area contributed by atoms with E-state index in [1.54, 1.807) is 30.6 Å². The van der Waals surface area contributed by atoms with Crippen LogP contribution in [0.15, 0.2) is 83.9 Å². The van der Waals surface area contributed by atoms with Crippen molar-refractivity contribution in [1.82, 2.24) is 14.9 Å². The zero-order valence-electron chi connectivity index (χ0n) is 18.6. The van der Waals surface area contributed by atoms with Gasteiger partial charge in [0.05, 0.1) is 22.9 Å². The summed E-state index contributed by atoms with van der Waals surface area (Å²) in [5, 5.41) is 9.71. The Morgan fingerprint density at radius 3 is 2.58 bits per heavy atom. The van der Waals surface area contributed by atoms with Gasteiger partial charge in [0.25, 0.3) is 5.56 Å². The second-order valence-electron chi connectivity index (χ2n) is 7.83. The fourth-order valence-corrected chi connectivity index (χ4v) is 3.70. The molecule has 0 aliphatic carbocycles. The lowest BCUT2D eigenvalue weighted by Gasteiger charge is -2.17. The number of likely N-dealkylation sites (N-methyl/N-ethyl adjacent to an activating group) is 1. The van der Waals surface area contributed by atoms with E-state index >= 15 is 0 Å². The van der Waals surface area contributed by atoms with E-state index in [4.69, 9.17) is 4.74 Å². The summed E-state index contributed by atoms with van der Waals surface area (Å²) in [6.07, 6.45) is 3.39. The lowest BCUT2D eigenvalue weighted by Crippen LogP contribution is -2.19. The van der Waals surface area contributed by atoms with E-state index in [0.29, 0.717) is 34.6 Å². The molecule has 0 amide bonds. The van der Waals surface area contributed by atoms with Crippen molar-refractivity contribution in [1.29, 1.82) is 5.26 Å². The lowest BCUT2D eigenvalue weighted by atomic mass is 9.89. The Kier molecular flexibility index (Phi) is 6.63. The lowest BCUT2D eigenvalue weighted by molar-refractivity contribution is 0.261. The van der Waals surface area contributed by atoms with Gasteiger partial charge in [0.1, 0.15) is 12.4 Å². The van der Waals surface area contributed by atoms with Gasteiger partial charge in [0.15, 0.2) is 0 Å². The van der Waals surface area contributed by atoms with E-state index in [1.165, 1.54) is 0 Å². The van der Waals surface area contributed by atoms with Gasteiger partial charge in [-0.1, -0.05) is 36.4 Å². The molecular weight excluding hydrogens is 412 g/mol. The molecule has 2 heterocycles. The van der Waals surface area contributed by atoms with Gasteiger partial charge < -0.3 is 14.6 Å². The van der Waals surface area contributed by atoms with Crippen LogP contribution in [0, 0.1) is 11.3 Å². The van der Waals surface area contributed by atoms with Gasteiger partial charge in [-0.25, -0.2) is 0 Å². The van der Waals surface area contributed by atoms with E-state index < -0.39 is 0 Å². The van der Waals surface area contributed by atoms with Crippen molar-refractivity contribution < 1.29 is 4.74 Å². The molecule has 6 nitrogen and oxygen atoms in total. The number of aromatic nitrogens is 2. The Hall–Kier alpha value is -4.21. The first kappa shape index (κ1) is 22.0. The molecular formula is C27H24N4O2. The average Bonchev–Trinajstić information content (AvgIpc) is 2.84. The first-order chi connectivity index (χ1) is 16.1. The maximum absolute atomic E-state index is 13.2. The molecule has 0 aliphatic heterocycles. The third kappa shape index (κ3) is 4.84. The minimum absolute atomic E-state index is 0.272. The molecule has 0 saturated heterocycles. The highest BCUT2D eigenvalue weighted by Crippen LogP contribution is 2.39. The molecule has 0 unspecified atom stereocenters. The molecule has 0 fully saturated rings. The number of nitriles is 1. The number of H-pyrrole nitrogens is 1. The van der Waals surface area contributed by atoms with Gasteiger partial charge >= 0.3 is 0 Å². The third-order valence-corrected chi connectivity index (χ3v) is 5.28. The van der Waals surface area contributed by atoms with Crippen molar-refractivity contribution in [3.8, 4) is 45.3 Å². The summed E-state index contributed by atoms with van der Waals surface area (Å²) in [5.74, 6) is 0.709. The molecule has 4 rings (SSSR count). The highest BCUT2D eigenvalue weighted by atomic mass is 16.5. The molecule has 0 radical (unpaired) electrons. The molecule has 33 heavy (non-hydrogen) atoms. The van der Waals surface area contributed by atoms with Crippen LogP contribution >= 0.6 is 0 Å². The molecule has 4 aromatic rings. The van der Waals surface area contributed by atoms with Crippen molar-refractivity contribution in [2.24, 2.45) is 0 Å². The van der Waals surface area contributed by atoms with Crippen LogP contribution in [-0.2, 0) is 0 Å². The summed E-state index contributed by atoms with van der Waals surface area (Å²) >= 11 is 0. The summed E-state index contributed by atoms with van der Waals surface area (Å²) in [6, 6.07) is 22.7. The van der Waals surface area contributed by atoms with Crippen molar-refractivity contribution in [3.63, 3.8) is 0 Å². The number of nitrogens with zero attached hydrogens (tertiary/aromatic N) is 3. The quantitative estimate of drug-likeness (QED) is 0.458. The third-order valence-electron chi connectivity index (χ3n) is 5.28. The van der Waals surface area contributed by atoms with Crippen molar-refractivity contribution >= 4 is 0 Å². The fraction of sp³-hybridized carbons (Fsp3) is 0.148. The number of rotatable bonds is 7. The molecule has 2 aromatic heterocycles. The maximum atomic E-state index is 13.2. The Labute approximate surface area is 192 Å². The first-order valence-electron chi connectivity index (χ1n) is 10.6. The Morgan fingerprint density at radius 1 is 1.00 bits per heavy atom. The minimum atomic E-state index is -0.272. The first-order valence-corrected chi connectivity index (χ1v) is 10.6. The zero-order valence-corrected chi connectivity index (χ0v) is 18.6. The van der Waals surface area contributed by atoms with Crippen LogP contribution in [0.5, 0.6) is 5.75 Å². The second kappa shape index (κ2) is 9.94. The molecule has 6 heteroatoms. The van der Waals surface area contributed by atoms with E-state index in [2.05, 4.69) is 20.9 Å². The maximum Gasteiger partial charge on any atom is 0.256 e. The Balaban J connectivity index is 1.96. The topological polar surface area (TPSA) is 82.0 Å². The van der Waals surface area contributed by atoms with E-state index in [9.17, 15) is 10.1 Å². The van der Waals surface area contributed by atoms with Crippen LogP contribution in [0.1, 0.15) is 5.56 Å². The summed E-state index contributed by atoms with van der Waals surface area (Å²) in [6.45, 7) is 1.33. The van der Waals surface area contributed by atoms with Crippen LogP contribution in [0.3, 0.4) is 0 Å². The van der Waals surface area contributed by atoms with Gasteiger partial charge in [-0.2, -0.15) is 5.26 Å². The predicted molar refractivity (Wildman–Crippen MR) is 130 cm³/mol. The molecule has 0 bridgehead atoms. The number of aromatic amines is 1. The summed E-state index contributed by atoms with van der Waals surface area (Å²) in [5.41, 5.74) is 4.17. The molecule has 0 atom stereocenters. The minimum Gasteiger partial charge on any atom is -0.492 e. The highest BCUT2D eigenvalue weighted by molar-refractivity contribution is 5.94. The average molecular weight is 437 g/mol. The summed E-state index contributed by atoms with van der Waals surface area (Å²) < 4.78 is 5.95. The number of ether oxygens (including phenoxy) is 1. The van der Waals surface area contributed by atoms with Gasteiger partial charge in [-0.3, -0.25) is 9.78 Å². The molecule has 164 valence electrons. The molecule has 0 aliphatic rings. The largest absolute Gasteiger partial charge is 0.492 e. The monoisotopic (exact) mass is 436 g/mol. The van der Waals surface area contributed by atoms with E-state index in [1.807, 2.05) is 62.6 Å². The van der Waals surface area contributed by atoms with E-state index in [0.717, 1.165) is 23.4 Å². The normalized spacial score (nSPS) is 10.7. The van der Waals surface area contributed by atoms with Gasteiger partial charge in [0.2, 0.25) is 0 Å². The predicted octanol–water partition coefficient (Wildman–Crippen LogP) is 4.58. The number of hydrogen-bond acceptors (Lipinski definition) is 5. The van der Waals surface area contributed by atoms with E-state index in [-0.39, 0.29) is 5.56 Å². The van der Waals surface area contributed by atoms with Gasteiger partial charge in [-0.05, 0) is 50.0 Å². The summed E-state index contributed by atoms with van der Waals surface area (Å²) in [7, 11) is 3.99. The summed E-state index contributed by atoms with van der Waals surface area (Å²) in [4.78, 5) is 22.6. The second-order valence-corrected chi connectivity index (χ2v) is 7.83. The fourth-order valence-electron chi connectivity index (χ4n) is 3.70. The number of pyridine rings is 2. The van der Waals surface area contributed by atoms with Crippen LogP contribution < -0.4 is 10.3 Å². The van der Waals surface area contributed by atoms with Gasteiger partial charge in [0, 0.05) is 35.6 Å². The molecule has 2 aromatic carbocycles. The Morgan fingerprint density at radius 2 is 1.82 bits per heavy atom. The van der Waals surface area contributed by atoms with Crippen LogP contribution in [0.4, 0.5) is 0 Å².